The number of nitrogen functional groups attached to an aromatic ring is 1. The van der Waals surface area contributed by atoms with E-state index in [4.69, 9.17) is 16.5 Å². The Bertz CT molecular complexity index is 520. The van der Waals surface area contributed by atoms with Gasteiger partial charge in [0.25, 0.3) is 5.69 Å². The summed E-state index contributed by atoms with van der Waals surface area (Å²) in [6.07, 6.45) is 0. The molecule has 0 radical (unpaired) electrons. The number of hydrogen-bond donors (Lipinski definition) is 1. The average Bonchev–Trinajstić information content (AvgIpc) is 2.63. The topological polar surface area (TPSA) is 130 Å². The summed E-state index contributed by atoms with van der Waals surface area (Å²) >= 11 is 1.14. The van der Waals surface area contributed by atoms with Gasteiger partial charge in [-0.25, -0.2) is 0 Å². The van der Waals surface area contributed by atoms with Crippen molar-refractivity contribution in [3.63, 3.8) is 0 Å². The van der Waals surface area contributed by atoms with Crippen molar-refractivity contribution in [2.75, 3.05) is 5.73 Å². The monoisotopic (exact) mass is 223 g/mol. The van der Waals surface area contributed by atoms with Gasteiger partial charge in [-0.2, -0.15) is 4.37 Å². The molecule has 0 saturated heterocycles. The summed E-state index contributed by atoms with van der Waals surface area (Å²) in [6.45, 7) is 0. The molecule has 2 N–H and O–H groups in total. The molecule has 0 amide bonds. The zero-order valence-corrected chi connectivity index (χ0v) is 8.14. The van der Waals surface area contributed by atoms with Gasteiger partial charge >= 0.3 is 0 Å². The first-order valence-electron chi connectivity index (χ1n) is 3.68. The molecule has 0 aliphatic rings. The molecule has 1 heterocycles. The number of nitrogens with two attached hydrogens (primary N) is 1. The van der Waals surface area contributed by atoms with Gasteiger partial charge in [0.1, 0.15) is 5.00 Å². The second-order valence-corrected chi connectivity index (χ2v) is 3.31. The van der Waals surface area contributed by atoms with E-state index in [-0.39, 0.29) is 5.69 Å². The number of nitro benzene ring substituents is 1. The van der Waals surface area contributed by atoms with Gasteiger partial charge in [0, 0.05) is 28.3 Å². The molecule has 1 aromatic carbocycles. The fourth-order valence-corrected chi connectivity index (χ4v) is 1.68. The van der Waals surface area contributed by atoms with Gasteiger partial charge in [-0.1, -0.05) is 0 Å². The van der Waals surface area contributed by atoms with E-state index in [1.165, 1.54) is 12.1 Å². The second kappa shape index (κ2) is 4.30. The van der Waals surface area contributed by atoms with Gasteiger partial charge in [0.2, 0.25) is 0 Å². The van der Waals surface area contributed by atoms with Crippen molar-refractivity contribution in [1.82, 2.24) is 4.37 Å². The molecule has 7 nitrogen and oxygen atoms in total. The molecule has 15 heavy (non-hydrogen) atoms. The minimum atomic E-state index is -0.448. The van der Waals surface area contributed by atoms with Crippen LogP contribution >= 0.6 is 11.5 Å². The van der Waals surface area contributed by atoms with Crippen LogP contribution in [0.3, 0.4) is 0 Å². The summed E-state index contributed by atoms with van der Waals surface area (Å²) in [6, 6.07) is 4.45. The zero-order chi connectivity index (χ0) is 11.4. The molecule has 2 aromatic rings. The maximum Gasteiger partial charge on any atom is 0.270 e. The summed E-state index contributed by atoms with van der Waals surface area (Å²) < 4.78 is 4.01. The second-order valence-electron chi connectivity index (χ2n) is 2.51. The van der Waals surface area contributed by atoms with Crippen LogP contribution in [0.1, 0.15) is 0 Å². The Morgan fingerprint density at radius 2 is 2.13 bits per heavy atom. The lowest BCUT2D eigenvalue weighted by molar-refractivity contribution is -0.384. The van der Waals surface area contributed by atoms with Crippen LogP contribution in [0.4, 0.5) is 10.7 Å². The molecule has 2 rings (SSSR count). The highest BCUT2D eigenvalue weighted by Crippen LogP contribution is 2.27. The van der Waals surface area contributed by atoms with Crippen molar-refractivity contribution >= 4 is 33.1 Å². The van der Waals surface area contributed by atoms with Crippen LogP contribution in [0, 0.1) is 20.9 Å². The van der Waals surface area contributed by atoms with Crippen LogP contribution < -0.4 is 5.73 Å². The maximum absolute atomic E-state index is 10.4. The predicted molar refractivity (Wildman–Crippen MR) is 54.1 cm³/mol. The summed E-state index contributed by atoms with van der Waals surface area (Å²) in [5.74, 6) is 0. The summed E-state index contributed by atoms with van der Waals surface area (Å²) in [5.41, 5.74) is 6.32. The summed E-state index contributed by atoms with van der Waals surface area (Å²) in [7, 11) is 0. The van der Waals surface area contributed by atoms with Crippen molar-refractivity contribution in [3.05, 3.63) is 28.3 Å². The van der Waals surface area contributed by atoms with E-state index in [2.05, 4.69) is 4.37 Å². The number of rotatable bonds is 1. The molecule has 0 saturated carbocycles. The van der Waals surface area contributed by atoms with Crippen LogP contribution in [0.15, 0.2) is 18.2 Å². The number of benzene rings is 1. The molecule has 0 bridgehead atoms. The van der Waals surface area contributed by atoms with Crippen LogP contribution in [0.2, 0.25) is 0 Å². The Kier molecular flexibility index (Phi) is 3.10. The molecule has 0 fully saturated rings. The Morgan fingerprint density at radius 1 is 1.47 bits per heavy atom. The molecule has 0 atom stereocenters. The molecule has 8 heteroatoms. The fourth-order valence-electron chi connectivity index (χ4n) is 1.06. The van der Waals surface area contributed by atoms with Gasteiger partial charge in [0.05, 0.1) is 10.4 Å². The zero-order valence-electron chi connectivity index (χ0n) is 7.32. The van der Waals surface area contributed by atoms with E-state index in [9.17, 15) is 10.1 Å². The first-order chi connectivity index (χ1) is 7.18. The number of nitro groups is 1. The van der Waals surface area contributed by atoms with Gasteiger partial charge in [-0.3, -0.25) is 10.1 Å². The Hall–Kier alpha value is -2.27. The lowest BCUT2D eigenvalue weighted by atomic mass is 10.2. The smallest absolute Gasteiger partial charge is 0.270 e. The SMILES string of the molecule is N#N.Nc1snc2ccc([N+](=O)[O-])cc12. The van der Waals surface area contributed by atoms with E-state index >= 15 is 0 Å². The van der Waals surface area contributed by atoms with Crippen molar-refractivity contribution in [2.24, 2.45) is 0 Å². The van der Waals surface area contributed by atoms with Crippen LogP contribution in [-0.4, -0.2) is 9.30 Å². The maximum atomic E-state index is 10.4. The predicted octanol–water partition coefficient (Wildman–Crippen LogP) is 1.82. The Morgan fingerprint density at radius 3 is 2.73 bits per heavy atom. The average molecular weight is 223 g/mol. The molecule has 0 aliphatic carbocycles. The summed E-state index contributed by atoms with van der Waals surface area (Å²) in [5, 5.41) is 23.6. The molecular formula is C7H5N5O2S. The highest BCUT2D eigenvalue weighted by Gasteiger charge is 2.09. The van der Waals surface area contributed by atoms with Crippen molar-refractivity contribution in [2.45, 2.75) is 0 Å². The Labute approximate surface area is 87.9 Å². The third-order valence-corrected chi connectivity index (χ3v) is 2.40. The van der Waals surface area contributed by atoms with E-state index in [0.717, 1.165) is 11.5 Å². The van der Waals surface area contributed by atoms with Crippen molar-refractivity contribution < 1.29 is 4.92 Å². The number of nitrogens with zero attached hydrogens (tertiary/aromatic N) is 4. The molecule has 0 aliphatic heterocycles. The van der Waals surface area contributed by atoms with E-state index in [1.54, 1.807) is 6.07 Å². The lowest BCUT2D eigenvalue weighted by Crippen LogP contribution is -1.87. The molecule has 1 aromatic heterocycles. The van der Waals surface area contributed by atoms with Crippen LogP contribution in [-0.2, 0) is 0 Å². The number of fused-ring (bicyclic) bond motifs is 1. The van der Waals surface area contributed by atoms with Gasteiger partial charge in [0.15, 0.2) is 0 Å². The van der Waals surface area contributed by atoms with Gasteiger partial charge in [-0.05, 0) is 17.6 Å². The van der Waals surface area contributed by atoms with Gasteiger partial charge in [-0.15, -0.1) is 0 Å². The number of aromatic nitrogens is 1. The minimum absolute atomic E-state index is 0.0411. The normalized spacial score (nSPS) is 9.20. The standard InChI is InChI=1S/C7H5N3O2S.N2/c8-7-5-3-4(10(11)12)1-2-6(5)9-13-7;1-2/h1-3H,8H2;. The van der Waals surface area contributed by atoms with Gasteiger partial charge < -0.3 is 5.73 Å². The first-order valence-corrected chi connectivity index (χ1v) is 4.45. The minimum Gasteiger partial charge on any atom is -0.389 e. The van der Waals surface area contributed by atoms with Crippen LogP contribution in [0.5, 0.6) is 0 Å². The lowest BCUT2D eigenvalue weighted by Gasteiger charge is -1.90. The Balaban J connectivity index is 0.000000531. The van der Waals surface area contributed by atoms with Crippen molar-refractivity contribution in [1.29, 1.82) is 10.8 Å². The highest BCUT2D eigenvalue weighted by molar-refractivity contribution is 7.11. The fraction of sp³-hybridized carbons (Fsp3) is 0. The van der Waals surface area contributed by atoms with Crippen molar-refractivity contribution in [3.8, 4) is 0 Å². The largest absolute Gasteiger partial charge is 0.389 e. The number of hydrogen-bond acceptors (Lipinski definition) is 7. The molecule has 0 spiro atoms. The van der Waals surface area contributed by atoms with E-state index < -0.39 is 4.92 Å². The van der Waals surface area contributed by atoms with E-state index in [0.29, 0.717) is 15.9 Å². The quantitative estimate of drug-likeness (QED) is 0.445. The summed E-state index contributed by atoms with van der Waals surface area (Å²) in [4.78, 5) is 9.98. The molecule has 0 unspecified atom stereocenters. The number of non-ortho nitro benzene ring substituents is 1. The van der Waals surface area contributed by atoms with Crippen LogP contribution in [0.25, 0.3) is 10.9 Å². The third kappa shape index (κ3) is 1.97. The third-order valence-electron chi connectivity index (χ3n) is 1.70. The highest BCUT2D eigenvalue weighted by atomic mass is 32.1. The van der Waals surface area contributed by atoms with E-state index in [1.807, 2.05) is 0 Å². The number of anilines is 1. The molecule has 76 valence electrons. The first kappa shape index (κ1) is 10.8. The molecular weight excluding hydrogens is 218 g/mol.